The molecule has 1 N–H and O–H groups in total. The van der Waals surface area contributed by atoms with Crippen LogP contribution in [-0.2, 0) is 11.3 Å². The maximum Gasteiger partial charge on any atom is 0.251 e. The molecule has 0 aliphatic carbocycles. The maximum atomic E-state index is 11.7. The van der Waals surface area contributed by atoms with Crippen LogP contribution in [-0.4, -0.2) is 35.7 Å². The van der Waals surface area contributed by atoms with Crippen molar-refractivity contribution in [1.29, 1.82) is 0 Å². The standard InChI is InChI=1S/C13H17NO3/c1-17-11-6-4-10(5-7-11)9-14-8-2-3-12(15)13(14)16/h4-7,12,15H,2-3,8-9H2,1H3/t12-/m0/s1. The number of rotatable bonds is 3. The molecule has 0 radical (unpaired) electrons. The normalized spacial score (nSPS) is 20.5. The van der Waals surface area contributed by atoms with Gasteiger partial charge in [-0.15, -0.1) is 0 Å². The lowest BCUT2D eigenvalue weighted by Gasteiger charge is -2.29. The number of nitrogens with zero attached hydrogens (tertiary/aromatic N) is 1. The van der Waals surface area contributed by atoms with Crippen molar-refractivity contribution in [3.63, 3.8) is 0 Å². The highest BCUT2D eigenvalue weighted by Crippen LogP contribution is 2.17. The molecule has 0 spiro atoms. The largest absolute Gasteiger partial charge is 0.497 e. The average Bonchev–Trinajstić information content (AvgIpc) is 2.36. The van der Waals surface area contributed by atoms with Crippen molar-refractivity contribution in [1.82, 2.24) is 4.90 Å². The number of aliphatic hydroxyl groups excluding tert-OH is 1. The third-order valence-electron chi connectivity index (χ3n) is 3.03. The first-order chi connectivity index (χ1) is 8.20. The number of hydrogen-bond donors (Lipinski definition) is 1. The first-order valence-corrected chi connectivity index (χ1v) is 5.80. The van der Waals surface area contributed by atoms with Gasteiger partial charge in [0, 0.05) is 13.1 Å². The molecule has 4 nitrogen and oxygen atoms in total. The SMILES string of the molecule is COc1ccc(CN2CCC[C@H](O)C2=O)cc1. The molecule has 1 aliphatic heterocycles. The van der Waals surface area contributed by atoms with Gasteiger partial charge in [0.2, 0.25) is 0 Å². The van der Waals surface area contributed by atoms with Crippen LogP contribution in [0.5, 0.6) is 5.75 Å². The van der Waals surface area contributed by atoms with Crippen LogP contribution in [0, 0.1) is 0 Å². The van der Waals surface area contributed by atoms with Crippen LogP contribution in [0.25, 0.3) is 0 Å². The minimum Gasteiger partial charge on any atom is -0.497 e. The first kappa shape index (κ1) is 11.9. The third-order valence-corrected chi connectivity index (χ3v) is 3.03. The van der Waals surface area contributed by atoms with Crippen LogP contribution in [0.4, 0.5) is 0 Å². The summed E-state index contributed by atoms with van der Waals surface area (Å²) < 4.78 is 5.08. The fourth-order valence-corrected chi connectivity index (χ4v) is 2.03. The first-order valence-electron chi connectivity index (χ1n) is 5.80. The molecule has 4 heteroatoms. The summed E-state index contributed by atoms with van der Waals surface area (Å²) in [6.45, 7) is 1.28. The lowest BCUT2D eigenvalue weighted by atomic mass is 10.1. The van der Waals surface area contributed by atoms with E-state index in [1.807, 2.05) is 24.3 Å². The Morgan fingerprint density at radius 1 is 1.41 bits per heavy atom. The molecule has 1 aromatic carbocycles. The number of carbonyl (C=O) groups excluding carboxylic acids is 1. The van der Waals surface area contributed by atoms with Crippen LogP contribution < -0.4 is 4.74 Å². The highest BCUT2D eigenvalue weighted by Gasteiger charge is 2.26. The summed E-state index contributed by atoms with van der Waals surface area (Å²) in [7, 11) is 1.62. The molecular formula is C13H17NO3. The van der Waals surface area contributed by atoms with Crippen LogP contribution in [0.15, 0.2) is 24.3 Å². The molecule has 1 aromatic rings. The zero-order chi connectivity index (χ0) is 12.3. The molecule has 1 saturated heterocycles. The Labute approximate surface area is 101 Å². The van der Waals surface area contributed by atoms with Gasteiger partial charge < -0.3 is 14.7 Å². The summed E-state index contributed by atoms with van der Waals surface area (Å²) in [6.07, 6.45) is 0.628. The summed E-state index contributed by atoms with van der Waals surface area (Å²) in [5, 5.41) is 9.50. The number of aliphatic hydroxyl groups is 1. The predicted molar refractivity (Wildman–Crippen MR) is 63.7 cm³/mol. The van der Waals surface area contributed by atoms with Gasteiger partial charge in [0.1, 0.15) is 11.9 Å². The zero-order valence-corrected chi connectivity index (χ0v) is 9.93. The minimum atomic E-state index is -0.818. The van der Waals surface area contributed by atoms with Gasteiger partial charge in [-0.05, 0) is 30.5 Å². The van der Waals surface area contributed by atoms with Gasteiger partial charge >= 0.3 is 0 Å². The molecule has 2 rings (SSSR count). The number of amides is 1. The van der Waals surface area contributed by atoms with Crippen molar-refractivity contribution < 1.29 is 14.6 Å². The van der Waals surface area contributed by atoms with Gasteiger partial charge in [0.15, 0.2) is 0 Å². The summed E-state index contributed by atoms with van der Waals surface area (Å²) >= 11 is 0. The molecule has 92 valence electrons. The van der Waals surface area contributed by atoms with E-state index in [1.165, 1.54) is 0 Å². The van der Waals surface area contributed by atoms with E-state index in [9.17, 15) is 9.90 Å². The van der Waals surface area contributed by atoms with Crippen LogP contribution >= 0.6 is 0 Å². The lowest BCUT2D eigenvalue weighted by molar-refractivity contribution is -0.144. The van der Waals surface area contributed by atoms with E-state index in [4.69, 9.17) is 4.74 Å². The smallest absolute Gasteiger partial charge is 0.251 e. The fourth-order valence-electron chi connectivity index (χ4n) is 2.03. The topological polar surface area (TPSA) is 49.8 Å². The summed E-state index contributed by atoms with van der Waals surface area (Å²) in [5.74, 6) is 0.644. The van der Waals surface area contributed by atoms with Gasteiger partial charge in [-0.1, -0.05) is 12.1 Å². The number of methoxy groups -OCH3 is 1. The Morgan fingerprint density at radius 2 is 2.12 bits per heavy atom. The second kappa shape index (κ2) is 5.19. The Balaban J connectivity index is 2.01. The number of ether oxygens (including phenoxy) is 1. The van der Waals surface area contributed by atoms with Crippen molar-refractivity contribution >= 4 is 5.91 Å². The van der Waals surface area contributed by atoms with Crippen LogP contribution in [0.1, 0.15) is 18.4 Å². The predicted octanol–water partition coefficient (Wildman–Crippen LogP) is 1.18. The van der Waals surface area contributed by atoms with Crippen molar-refractivity contribution in [2.45, 2.75) is 25.5 Å². The van der Waals surface area contributed by atoms with E-state index >= 15 is 0 Å². The van der Waals surface area contributed by atoms with Crippen LogP contribution in [0.3, 0.4) is 0 Å². The molecule has 0 aromatic heterocycles. The average molecular weight is 235 g/mol. The van der Waals surface area contributed by atoms with E-state index in [0.717, 1.165) is 24.3 Å². The molecule has 0 saturated carbocycles. The quantitative estimate of drug-likeness (QED) is 0.855. The molecule has 0 unspecified atom stereocenters. The highest BCUT2D eigenvalue weighted by molar-refractivity contribution is 5.81. The number of carbonyl (C=O) groups is 1. The van der Waals surface area contributed by atoms with Gasteiger partial charge in [0.25, 0.3) is 5.91 Å². The second-order valence-corrected chi connectivity index (χ2v) is 4.27. The van der Waals surface area contributed by atoms with Gasteiger partial charge in [-0.25, -0.2) is 0 Å². The number of benzene rings is 1. The summed E-state index contributed by atoms with van der Waals surface area (Å²) in [6, 6.07) is 7.63. The molecular weight excluding hydrogens is 218 g/mol. The minimum absolute atomic E-state index is 0.160. The van der Waals surface area contributed by atoms with E-state index in [2.05, 4.69) is 0 Å². The second-order valence-electron chi connectivity index (χ2n) is 4.27. The van der Waals surface area contributed by atoms with Gasteiger partial charge in [-0.2, -0.15) is 0 Å². The van der Waals surface area contributed by atoms with Gasteiger partial charge in [-0.3, -0.25) is 4.79 Å². The molecule has 1 atom stereocenters. The number of piperidine rings is 1. The zero-order valence-electron chi connectivity index (χ0n) is 9.93. The third kappa shape index (κ3) is 2.77. The molecule has 1 amide bonds. The maximum absolute atomic E-state index is 11.7. The molecule has 1 heterocycles. The van der Waals surface area contributed by atoms with Crippen molar-refractivity contribution in [2.24, 2.45) is 0 Å². The Kier molecular flexibility index (Phi) is 3.64. The summed E-state index contributed by atoms with van der Waals surface area (Å²) in [4.78, 5) is 13.4. The highest BCUT2D eigenvalue weighted by atomic mass is 16.5. The molecule has 1 aliphatic rings. The number of likely N-dealkylation sites (tertiary alicyclic amines) is 1. The molecule has 17 heavy (non-hydrogen) atoms. The van der Waals surface area contributed by atoms with E-state index < -0.39 is 6.10 Å². The monoisotopic (exact) mass is 235 g/mol. The van der Waals surface area contributed by atoms with Crippen molar-refractivity contribution in [2.75, 3.05) is 13.7 Å². The molecule has 1 fully saturated rings. The van der Waals surface area contributed by atoms with E-state index in [1.54, 1.807) is 12.0 Å². The Bertz CT molecular complexity index is 388. The van der Waals surface area contributed by atoms with Crippen molar-refractivity contribution in [3.05, 3.63) is 29.8 Å². The fraction of sp³-hybridized carbons (Fsp3) is 0.462. The Hall–Kier alpha value is -1.55. The molecule has 0 bridgehead atoms. The lowest BCUT2D eigenvalue weighted by Crippen LogP contribution is -2.43. The number of hydrogen-bond acceptors (Lipinski definition) is 3. The Morgan fingerprint density at radius 3 is 2.76 bits per heavy atom. The van der Waals surface area contributed by atoms with E-state index in [0.29, 0.717) is 13.0 Å². The van der Waals surface area contributed by atoms with Crippen molar-refractivity contribution in [3.8, 4) is 5.75 Å². The van der Waals surface area contributed by atoms with Gasteiger partial charge in [0.05, 0.1) is 7.11 Å². The van der Waals surface area contributed by atoms with E-state index in [-0.39, 0.29) is 5.91 Å². The van der Waals surface area contributed by atoms with Crippen LogP contribution in [0.2, 0.25) is 0 Å². The summed E-state index contributed by atoms with van der Waals surface area (Å²) in [5.41, 5.74) is 1.05.